The van der Waals surface area contributed by atoms with E-state index < -0.39 is 5.60 Å². The van der Waals surface area contributed by atoms with Crippen LogP contribution in [-0.4, -0.2) is 82.5 Å². The van der Waals surface area contributed by atoms with Crippen LogP contribution in [0.5, 0.6) is 0 Å². The molecule has 1 saturated heterocycles. The zero-order chi connectivity index (χ0) is 21.6. The fourth-order valence-corrected chi connectivity index (χ4v) is 4.64. The van der Waals surface area contributed by atoms with Crippen molar-refractivity contribution in [2.45, 2.75) is 29.9 Å². The van der Waals surface area contributed by atoms with Crippen LogP contribution in [0, 0.1) is 0 Å². The maximum absolute atomic E-state index is 12.1. The normalized spacial score (nSPS) is 25.0. The zero-order valence-electron chi connectivity index (χ0n) is 18.2. The molecule has 0 unspecified atom stereocenters. The van der Waals surface area contributed by atoms with Gasteiger partial charge in [-0.2, -0.15) is 0 Å². The van der Waals surface area contributed by atoms with Crippen molar-refractivity contribution < 1.29 is 24.1 Å². The largest absolute Gasteiger partial charge is 0.383 e. The topological polar surface area (TPSA) is 60.4 Å². The number of benzene rings is 2. The summed E-state index contributed by atoms with van der Waals surface area (Å²) >= 11 is 0. The van der Waals surface area contributed by atoms with Crippen LogP contribution in [0.25, 0.3) is 0 Å². The van der Waals surface area contributed by atoms with Gasteiger partial charge in [0.1, 0.15) is 17.8 Å². The number of aliphatic hydroxyl groups is 1. The number of likely N-dealkylation sites (tertiary alicyclic amines) is 1. The average Bonchev–Trinajstić information content (AvgIpc) is 3.06. The van der Waals surface area contributed by atoms with Gasteiger partial charge in [-0.15, -0.1) is 0 Å². The summed E-state index contributed by atoms with van der Waals surface area (Å²) in [5.74, 6) is 0. The lowest BCUT2D eigenvalue weighted by Gasteiger charge is -2.39. The Balaban J connectivity index is 2.06. The number of methoxy groups -OCH3 is 4. The second kappa shape index (κ2) is 10.5. The molecule has 1 aliphatic heterocycles. The predicted octanol–water partition coefficient (Wildman–Crippen LogP) is 2.30. The molecule has 0 aliphatic carbocycles. The Kier molecular flexibility index (Phi) is 7.99. The van der Waals surface area contributed by atoms with Crippen molar-refractivity contribution in [3.63, 3.8) is 0 Å². The van der Waals surface area contributed by atoms with Crippen LogP contribution < -0.4 is 0 Å². The molecule has 2 aromatic rings. The van der Waals surface area contributed by atoms with E-state index in [2.05, 4.69) is 4.90 Å². The molecule has 4 atom stereocenters. The molecule has 0 bridgehead atoms. The van der Waals surface area contributed by atoms with Crippen molar-refractivity contribution >= 4 is 0 Å². The van der Waals surface area contributed by atoms with Gasteiger partial charge in [-0.25, -0.2) is 0 Å². The summed E-state index contributed by atoms with van der Waals surface area (Å²) in [4.78, 5) is 2.22. The zero-order valence-corrected chi connectivity index (χ0v) is 18.2. The lowest BCUT2D eigenvalue weighted by atomic mass is 9.85. The van der Waals surface area contributed by atoms with Gasteiger partial charge in [0.15, 0.2) is 0 Å². The molecule has 2 aromatic carbocycles. The molecule has 1 fully saturated rings. The highest BCUT2D eigenvalue weighted by Crippen LogP contribution is 2.37. The monoisotopic (exact) mass is 415 g/mol. The predicted molar refractivity (Wildman–Crippen MR) is 116 cm³/mol. The number of rotatable bonds is 10. The van der Waals surface area contributed by atoms with Gasteiger partial charge < -0.3 is 24.1 Å². The molecular weight excluding hydrogens is 382 g/mol. The summed E-state index contributed by atoms with van der Waals surface area (Å²) in [7, 11) is 6.73. The first kappa shape index (κ1) is 22.9. The van der Waals surface area contributed by atoms with E-state index in [0.29, 0.717) is 19.8 Å². The minimum absolute atomic E-state index is 0.0935. The van der Waals surface area contributed by atoms with Crippen LogP contribution >= 0.6 is 0 Å². The van der Waals surface area contributed by atoms with Crippen molar-refractivity contribution in [3.8, 4) is 0 Å². The van der Waals surface area contributed by atoms with E-state index in [1.54, 1.807) is 28.4 Å². The third-order valence-corrected chi connectivity index (χ3v) is 6.07. The average molecular weight is 416 g/mol. The fourth-order valence-electron chi connectivity index (χ4n) is 4.64. The highest BCUT2D eigenvalue weighted by molar-refractivity contribution is 5.36. The van der Waals surface area contributed by atoms with E-state index in [4.69, 9.17) is 18.9 Å². The maximum Gasteiger partial charge on any atom is 0.127 e. The lowest BCUT2D eigenvalue weighted by Crippen LogP contribution is -2.51. The standard InChI is InChI=1S/C24H33NO5/c1-27-15-20-22(29-3)23(30-4)21(16-28-2)25(20)17-24(26,18-11-7-5-8-12-18)19-13-9-6-10-14-19/h5-14,20-23,26H,15-17H2,1-4H3/t20-,21-,22+,23+/m0/s1. The molecule has 0 aromatic heterocycles. The molecule has 1 heterocycles. The molecule has 6 nitrogen and oxygen atoms in total. The van der Waals surface area contributed by atoms with E-state index in [9.17, 15) is 5.11 Å². The van der Waals surface area contributed by atoms with Crippen LogP contribution in [0.15, 0.2) is 60.7 Å². The highest BCUT2D eigenvalue weighted by atomic mass is 16.5. The minimum Gasteiger partial charge on any atom is -0.383 e. The summed E-state index contributed by atoms with van der Waals surface area (Å²) in [6.45, 7) is 1.26. The Morgan fingerprint density at radius 3 is 1.47 bits per heavy atom. The van der Waals surface area contributed by atoms with Gasteiger partial charge in [0.2, 0.25) is 0 Å². The number of β-amino-alcohol motifs (C(OH)–C–C–N with tert-alkyl or cyclic N) is 1. The van der Waals surface area contributed by atoms with E-state index in [-0.39, 0.29) is 24.3 Å². The highest BCUT2D eigenvalue weighted by Gasteiger charge is 2.52. The van der Waals surface area contributed by atoms with Crippen LogP contribution in [0.4, 0.5) is 0 Å². The molecule has 30 heavy (non-hydrogen) atoms. The van der Waals surface area contributed by atoms with Gasteiger partial charge in [-0.1, -0.05) is 60.7 Å². The van der Waals surface area contributed by atoms with Crippen molar-refractivity contribution in [2.75, 3.05) is 48.2 Å². The van der Waals surface area contributed by atoms with Crippen molar-refractivity contribution in [2.24, 2.45) is 0 Å². The first-order chi connectivity index (χ1) is 14.6. The summed E-state index contributed by atoms with van der Waals surface area (Å²) in [6.07, 6.45) is -0.406. The molecule has 3 rings (SSSR count). The summed E-state index contributed by atoms with van der Waals surface area (Å²) < 4.78 is 22.7. The Morgan fingerprint density at radius 1 is 0.733 bits per heavy atom. The second-order valence-electron chi connectivity index (χ2n) is 7.71. The Labute approximate surface area is 179 Å². The molecule has 0 spiro atoms. The second-order valence-corrected chi connectivity index (χ2v) is 7.71. The third kappa shape index (κ3) is 4.44. The SMILES string of the molecule is COC[C@H]1[C@@H](OC)[C@H](OC)[C@H](COC)N1CC(O)(c1ccccc1)c1ccccc1. The molecule has 1 aliphatic rings. The first-order valence-electron chi connectivity index (χ1n) is 10.2. The quantitative estimate of drug-likeness (QED) is 0.643. The number of hydrogen-bond acceptors (Lipinski definition) is 6. The minimum atomic E-state index is -1.22. The number of nitrogens with zero attached hydrogens (tertiary/aromatic N) is 1. The molecule has 0 amide bonds. The fraction of sp³-hybridized carbons (Fsp3) is 0.500. The van der Waals surface area contributed by atoms with Gasteiger partial charge >= 0.3 is 0 Å². The van der Waals surface area contributed by atoms with Crippen LogP contribution in [0.1, 0.15) is 11.1 Å². The van der Waals surface area contributed by atoms with Crippen LogP contribution in [0.2, 0.25) is 0 Å². The van der Waals surface area contributed by atoms with Crippen LogP contribution in [-0.2, 0) is 24.5 Å². The number of hydrogen-bond donors (Lipinski definition) is 1. The summed E-state index contributed by atoms with van der Waals surface area (Å²) in [5.41, 5.74) is 0.443. The molecular formula is C24H33NO5. The molecule has 1 N–H and O–H groups in total. The van der Waals surface area contributed by atoms with E-state index >= 15 is 0 Å². The van der Waals surface area contributed by atoms with E-state index in [1.807, 2.05) is 60.7 Å². The van der Waals surface area contributed by atoms with Crippen LogP contribution in [0.3, 0.4) is 0 Å². The lowest BCUT2D eigenvalue weighted by molar-refractivity contribution is -0.0418. The van der Waals surface area contributed by atoms with Crippen molar-refractivity contribution in [3.05, 3.63) is 71.8 Å². The van der Waals surface area contributed by atoms with Gasteiger partial charge in [0, 0.05) is 35.0 Å². The maximum atomic E-state index is 12.1. The van der Waals surface area contributed by atoms with Crippen molar-refractivity contribution in [1.29, 1.82) is 0 Å². The molecule has 0 radical (unpaired) electrons. The summed E-state index contributed by atoms with van der Waals surface area (Å²) in [6, 6.07) is 19.3. The first-order valence-corrected chi connectivity index (χ1v) is 10.2. The molecule has 0 saturated carbocycles. The van der Waals surface area contributed by atoms with Crippen molar-refractivity contribution in [1.82, 2.24) is 4.90 Å². The molecule has 164 valence electrons. The molecule has 6 heteroatoms. The van der Waals surface area contributed by atoms with Gasteiger partial charge in [-0.05, 0) is 11.1 Å². The Morgan fingerprint density at radius 2 is 1.13 bits per heavy atom. The van der Waals surface area contributed by atoms with Gasteiger partial charge in [0.05, 0.1) is 25.3 Å². The smallest absolute Gasteiger partial charge is 0.127 e. The Hall–Kier alpha value is -1.80. The van der Waals surface area contributed by atoms with Gasteiger partial charge in [-0.3, -0.25) is 4.90 Å². The third-order valence-electron chi connectivity index (χ3n) is 6.07. The van der Waals surface area contributed by atoms with E-state index in [1.165, 1.54) is 0 Å². The van der Waals surface area contributed by atoms with Gasteiger partial charge in [0.25, 0.3) is 0 Å². The Bertz CT molecular complexity index is 697. The summed E-state index contributed by atoms with van der Waals surface area (Å²) in [5, 5.41) is 12.1. The number of ether oxygens (including phenoxy) is 4. The van der Waals surface area contributed by atoms with E-state index in [0.717, 1.165) is 11.1 Å².